The molecule has 4 rings (SSSR count). The van der Waals surface area contributed by atoms with Crippen molar-refractivity contribution < 1.29 is 16.8 Å². The van der Waals surface area contributed by atoms with E-state index in [1.165, 1.54) is 26.2 Å². The van der Waals surface area contributed by atoms with Gasteiger partial charge < -0.3 is 5.73 Å². The molecule has 176 valence electrons. The summed E-state index contributed by atoms with van der Waals surface area (Å²) in [6.45, 7) is 4.68. The van der Waals surface area contributed by atoms with Gasteiger partial charge in [-0.1, -0.05) is 38.7 Å². The lowest BCUT2D eigenvalue weighted by molar-refractivity contribution is 0.440. The first-order valence-corrected chi connectivity index (χ1v) is 14.7. The van der Waals surface area contributed by atoms with Crippen LogP contribution in [0.3, 0.4) is 0 Å². The topological polar surface area (TPSA) is 106 Å². The Morgan fingerprint density at radius 2 is 1.33 bits per heavy atom. The second-order valence-corrected chi connectivity index (χ2v) is 13.6. The van der Waals surface area contributed by atoms with Crippen molar-refractivity contribution in [2.75, 3.05) is 24.6 Å². The Balaban J connectivity index is 0.000000243. The third-order valence-electron chi connectivity index (χ3n) is 6.43. The van der Waals surface area contributed by atoms with Crippen molar-refractivity contribution in [3.8, 4) is 0 Å². The Kier molecular flexibility index (Phi) is 11.0. The van der Waals surface area contributed by atoms with Gasteiger partial charge in [0.1, 0.15) is 0 Å². The van der Waals surface area contributed by atoms with Crippen LogP contribution in [0, 0.1) is 35.5 Å². The minimum Gasteiger partial charge on any atom is -0.330 e. The number of rotatable bonds is 6. The monoisotopic (exact) mass is 482 g/mol. The van der Waals surface area contributed by atoms with E-state index in [4.69, 9.17) is 5.73 Å². The molecule has 4 aliphatic carbocycles. The summed E-state index contributed by atoms with van der Waals surface area (Å²) < 4.78 is 44.7. The molecule has 6 atom stereocenters. The lowest BCUT2D eigenvalue weighted by Crippen LogP contribution is -2.31. The van der Waals surface area contributed by atoms with E-state index in [1.807, 2.05) is 0 Å². The fourth-order valence-electron chi connectivity index (χ4n) is 4.63. The van der Waals surface area contributed by atoms with Gasteiger partial charge in [0.05, 0.1) is 11.5 Å². The van der Waals surface area contributed by atoms with Crippen molar-refractivity contribution in [2.24, 2.45) is 41.2 Å². The molecule has 0 amide bonds. The highest BCUT2D eigenvalue weighted by molar-refractivity contribution is 8.13. The maximum Gasteiger partial charge on any atom is 0.232 e. The second-order valence-electron chi connectivity index (χ2n) is 8.40. The fraction of sp³-hybridized carbons (Fsp3) is 0.810. The van der Waals surface area contributed by atoms with Gasteiger partial charge in [0.25, 0.3) is 0 Å². The smallest absolute Gasteiger partial charge is 0.232 e. The van der Waals surface area contributed by atoms with Gasteiger partial charge in [-0.25, -0.2) is 21.6 Å². The predicted octanol–water partition coefficient (Wildman–Crippen LogP) is 3.51. The Morgan fingerprint density at radius 1 is 0.867 bits per heavy atom. The number of nitrogens with two attached hydrogens (primary N) is 1. The summed E-state index contributed by atoms with van der Waals surface area (Å²) >= 11 is 0. The lowest BCUT2D eigenvalue weighted by atomic mass is 9.94. The van der Waals surface area contributed by atoms with Gasteiger partial charge in [-0.15, -0.1) is 0 Å². The molecule has 0 radical (unpaired) electrons. The average Bonchev–Trinajstić information content (AvgIpc) is 3.48. The zero-order valence-electron chi connectivity index (χ0n) is 17.3. The molecule has 2 fully saturated rings. The number of nitrogens with one attached hydrogen (secondary N) is 1. The summed E-state index contributed by atoms with van der Waals surface area (Å²) in [6, 6.07) is 0. The van der Waals surface area contributed by atoms with Gasteiger partial charge >= 0.3 is 0 Å². The highest BCUT2D eigenvalue weighted by Gasteiger charge is 2.36. The summed E-state index contributed by atoms with van der Waals surface area (Å²) in [4.78, 5) is 0. The molecule has 0 aliphatic heterocycles. The van der Waals surface area contributed by atoms with Gasteiger partial charge in [-0.3, -0.25) is 0 Å². The van der Waals surface area contributed by atoms with Crippen molar-refractivity contribution in [2.45, 2.75) is 47.0 Å². The van der Waals surface area contributed by atoms with E-state index in [0.29, 0.717) is 18.4 Å². The quantitative estimate of drug-likeness (QED) is 0.445. The molecule has 30 heavy (non-hydrogen) atoms. The van der Waals surface area contributed by atoms with Crippen molar-refractivity contribution in [3.63, 3.8) is 0 Å². The fourth-order valence-corrected chi connectivity index (χ4v) is 5.30. The van der Waals surface area contributed by atoms with E-state index in [1.54, 1.807) is 6.92 Å². The molecule has 0 heterocycles. The van der Waals surface area contributed by atoms with Gasteiger partial charge in [-0.05, 0) is 74.7 Å². The molecular weight excluding hydrogens is 444 g/mol. The predicted molar refractivity (Wildman–Crippen MR) is 126 cm³/mol. The molecule has 9 heteroatoms. The van der Waals surface area contributed by atoms with Crippen molar-refractivity contribution >= 4 is 29.8 Å². The van der Waals surface area contributed by atoms with E-state index in [9.17, 15) is 16.8 Å². The first-order chi connectivity index (χ1) is 13.6. The number of hydrogen-bond acceptors (Lipinski definition) is 5. The number of halogens is 1. The zero-order valence-corrected chi connectivity index (χ0v) is 19.7. The molecule has 0 aromatic carbocycles. The molecule has 4 bridgehead atoms. The van der Waals surface area contributed by atoms with Crippen LogP contribution in [-0.4, -0.2) is 41.4 Å². The number of hydrogen-bond donors (Lipinski definition) is 2. The van der Waals surface area contributed by atoms with Gasteiger partial charge in [-0.2, -0.15) is 0 Å². The molecule has 0 spiro atoms. The summed E-state index contributed by atoms with van der Waals surface area (Å²) in [7, 11) is -1.50. The Hall–Kier alpha value is -0.410. The minimum absolute atomic E-state index is 0. The maximum absolute atomic E-state index is 11.2. The molecule has 3 N–H and O–H groups in total. The third-order valence-corrected chi connectivity index (χ3v) is 9.14. The Labute approximate surface area is 188 Å². The molecular formula is C21H39ClN2O4S2. The first kappa shape index (κ1) is 27.6. The van der Waals surface area contributed by atoms with Crippen molar-refractivity contribution in [3.05, 3.63) is 24.3 Å². The van der Waals surface area contributed by atoms with Crippen LogP contribution in [0.15, 0.2) is 24.3 Å². The summed E-state index contributed by atoms with van der Waals surface area (Å²) in [5, 5.41) is 0. The molecule has 6 unspecified atom stereocenters. The molecule has 4 aliphatic rings. The van der Waals surface area contributed by atoms with E-state index in [-0.39, 0.29) is 18.9 Å². The van der Waals surface area contributed by atoms with E-state index >= 15 is 0 Å². The lowest BCUT2D eigenvalue weighted by Gasteiger charge is -2.18. The van der Waals surface area contributed by atoms with Gasteiger partial charge in [0.15, 0.2) is 0 Å². The van der Waals surface area contributed by atoms with Crippen LogP contribution in [0.1, 0.15) is 47.0 Å². The van der Waals surface area contributed by atoms with E-state index in [2.05, 4.69) is 39.7 Å². The zero-order chi connectivity index (χ0) is 21.7. The van der Waals surface area contributed by atoms with Crippen LogP contribution >= 0.6 is 10.7 Å². The van der Waals surface area contributed by atoms with Gasteiger partial charge in [0.2, 0.25) is 19.1 Å². The van der Waals surface area contributed by atoms with Crippen LogP contribution in [-0.2, 0) is 19.1 Å². The molecule has 0 saturated heterocycles. The van der Waals surface area contributed by atoms with Gasteiger partial charge in [0, 0.05) is 17.2 Å². The van der Waals surface area contributed by atoms with Crippen LogP contribution in [0.2, 0.25) is 0 Å². The van der Waals surface area contributed by atoms with Crippen LogP contribution in [0.4, 0.5) is 0 Å². The summed E-state index contributed by atoms with van der Waals surface area (Å²) in [5.41, 5.74) is 5.59. The Bertz CT molecular complexity index is 796. The standard InChI is InChI=1S/C10H17NO2S.C8H13N.C2H5ClO2S.CH4/c1-2-14(12,13)11-7-10-6-8-3-4-9(10)5-8;9-5-8-4-6-1-2-7(8)3-6;1-2-6(3,4)5;/h3-4,8-11H,2,5-7H2,1H3;1-2,6-8H,3-5,9H2;2H2,1H3;1H4. The normalized spacial score (nSPS) is 32.8. The minimum atomic E-state index is -3.19. The molecule has 2 saturated carbocycles. The highest BCUT2D eigenvalue weighted by Crippen LogP contribution is 2.43. The van der Waals surface area contributed by atoms with E-state index in [0.717, 1.165) is 36.6 Å². The Morgan fingerprint density at radius 3 is 1.60 bits per heavy atom. The number of allylic oxidation sites excluding steroid dienone is 4. The number of fused-ring (bicyclic) bond motifs is 4. The molecule has 0 aromatic rings. The maximum atomic E-state index is 11.2. The molecule has 6 nitrogen and oxygen atoms in total. The highest BCUT2D eigenvalue weighted by atomic mass is 35.7. The first-order valence-electron chi connectivity index (χ1n) is 10.5. The van der Waals surface area contributed by atoms with Crippen LogP contribution in [0.25, 0.3) is 0 Å². The van der Waals surface area contributed by atoms with Crippen LogP contribution in [0.5, 0.6) is 0 Å². The van der Waals surface area contributed by atoms with Crippen LogP contribution < -0.4 is 10.5 Å². The van der Waals surface area contributed by atoms with E-state index < -0.39 is 19.1 Å². The summed E-state index contributed by atoms with van der Waals surface area (Å²) in [5.74, 6) is 4.63. The van der Waals surface area contributed by atoms with Crippen molar-refractivity contribution in [1.29, 1.82) is 0 Å². The SMILES string of the molecule is C.CCS(=O)(=O)Cl.CCS(=O)(=O)NCC1CC2C=CC1C2.NCC1CC2C=CC1C2. The summed E-state index contributed by atoms with van der Waals surface area (Å²) in [6.07, 6.45) is 14.4. The number of sulfonamides is 1. The largest absolute Gasteiger partial charge is 0.330 e. The van der Waals surface area contributed by atoms with Crippen molar-refractivity contribution in [1.82, 2.24) is 4.72 Å². The second kappa shape index (κ2) is 12.0. The third kappa shape index (κ3) is 8.61. The average molecular weight is 483 g/mol. The molecule has 0 aromatic heterocycles.